The number of hydrogen-bond acceptors (Lipinski definition) is 1. The van der Waals surface area contributed by atoms with Crippen LogP contribution >= 0.6 is 0 Å². The molecule has 2 rings (SSSR count). The van der Waals surface area contributed by atoms with Crippen LogP contribution < -0.4 is 5.32 Å². The number of rotatable bonds is 2. The van der Waals surface area contributed by atoms with Crippen LogP contribution in [0.25, 0.3) is 0 Å². The fourth-order valence-corrected chi connectivity index (χ4v) is 2.61. The SMILES string of the molecule is CC(C)(C)C1=CC=C(Nc2ccc(C(C)(C)C)cc2)CC1. The molecule has 1 aliphatic rings. The zero-order valence-electron chi connectivity index (χ0n) is 14.4. The summed E-state index contributed by atoms with van der Waals surface area (Å²) in [5, 5.41) is 3.55. The molecule has 0 heterocycles. The fraction of sp³-hybridized carbons (Fsp3) is 0.500. The first-order valence-electron chi connectivity index (χ1n) is 7.94. The van der Waals surface area contributed by atoms with Gasteiger partial charge in [-0.05, 0) is 47.4 Å². The molecule has 0 unspecified atom stereocenters. The molecule has 0 radical (unpaired) electrons. The van der Waals surface area contributed by atoms with Gasteiger partial charge >= 0.3 is 0 Å². The molecule has 1 heteroatoms. The zero-order valence-corrected chi connectivity index (χ0v) is 14.4. The molecule has 0 bridgehead atoms. The molecule has 0 aliphatic heterocycles. The standard InChI is InChI=1S/C20H29N/c1-19(2,3)15-7-11-17(12-8-15)21-18-13-9-16(10-14-18)20(4,5)6/h7-9,11-13,21H,10,14H2,1-6H3. The first-order valence-corrected chi connectivity index (χ1v) is 7.94. The highest BCUT2D eigenvalue weighted by Crippen LogP contribution is 2.33. The number of benzene rings is 1. The molecule has 0 amide bonds. The van der Waals surface area contributed by atoms with Gasteiger partial charge in [0.15, 0.2) is 0 Å². The van der Waals surface area contributed by atoms with Crippen LogP contribution in [0, 0.1) is 5.41 Å². The molecule has 0 saturated heterocycles. The van der Waals surface area contributed by atoms with E-state index in [1.807, 2.05) is 0 Å². The molecule has 1 aromatic rings. The third-order valence-corrected chi connectivity index (χ3v) is 4.17. The normalized spacial score (nSPS) is 16.3. The van der Waals surface area contributed by atoms with Crippen molar-refractivity contribution in [1.82, 2.24) is 0 Å². The minimum atomic E-state index is 0.215. The van der Waals surface area contributed by atoms with Crippen molar-refractivity contribution in [1.29, 1.82) is 0 Å². The number of anilines is 1. The molecule has 0 aromatic heterocycles. The molecule has 0 atom stereocenters. The highest BCUT2D eigenvalue weighted by Gasteiger charge is 2.19. The van der Waals surface area contributed by atoms with E-state index in [0.717, 1.165) is 12.8 Å². The van der Waals surface area contributed by atoms with Crippen molar-refractivity contribution in [2.75, 3.05) is 5.32 Å². The van der Waals surface area contributed by atoms with E-state index in [1.54, 1.807) is 0 Å². The lowest BCUT2D eigenvalue weighted by Gasteiger charge is -2.26. The van der Waals surface area contributed by atoms with Gasteiger partial charge in [0.1, 0.15) is 0 Å². The van der Waals surface area contributed by atoms with Gasteiger partial charge in [-0.3, -0.25) is 0 Å². The first-order chi connectivity index (χ1) is 9.66. The minimum absolute atomic E-state index is 0.215. The van der Waals surface area contributed by atoms with Gasteiger partial charge in [0.25, 0.3) is 0 Å². The lowest BCUT2D eigenvalue weighted by atomic mass is 9.81. The van der Waals surface area contributed by atoms with Gasteiger partial charge in [0.2, 0.25) is 0 Å². The minimum Gasteiger partial charge on any atom is -0.359 e. The van der Waals surface area contributed by atoms with Crippen molar-refractivity contribution in [2.45, 2.75) is 59.8 Å². The summed E-state index contributed by atoms with van der Waals surface area (Å²) in [5.41, 5.74) is 5.91. The maximum Gasteiger partial charge on any atom is 0.0381 e. The molecule has 1 aromatic carbocycles. The van der Waals surface area contributed by atoms with E-state index in [1.165, 1.54) is 22.5 Å². The zero-order chi connectivity index (χ0) is 15.7. The maximum absolute atomic E-state index is 3.55. The summed E-state index contributed by atoms with van der Waals surface area (Å²) in [6.45, 7) is 13.6. The van der Waals surface area contributed by atoms with E-state index in [0.29, 0.717) is 0 Å². The van der Waals surface area contributed by atoms with Gasteiger partial charge in [0.05, 0.1) is 0 Å². The summed E-state index contributed by atoms with van der Waals surface area (Å²) in [6, 6.07) is 8.82. The van der Waals surface area contributed by atoms with E-state index in [2.05, 4.69) is 83.3 Å². The molecule has 1 N–H and O–H groups in total. The van der Waals surface area contributed by atoms with E-state index in [4.69, 9.17) is 0 Å². The number of allylic oxidation sites excluding steroid dienone is 4. The molecule has 114 valence electrons. The Balaban J connectivity index is 2.07. The van der Waals surface area contributed by atoms with Crippen LogP contribution in [0.5, 0.6) is 0 Å². The number of nitrogens with one attached hydrogen (secondary N) is 1. The van der Waals surface area contributed by atoms with Crippen LogP contribution in [-0.2, 0) is 5.41 Å². The van der Waals surface area contributed by atoms with Gasteiger partial charge < -0.3 is 5.32 Å². The third-order valence-electron chi connectivity index (χ3n) is 4.17. The molecule has 21 heavy (non-hydrogen) atoms. The molecule has 0 saturated carbocycles. The van der Waals surface area contributed by atoms with E-state index >= 15 is 0 Å². The van der Waals surface area contributed by atoms with Crippen LogP contribution in [0.2, 0.25) is 0 Å². The molecule has 0 fully saturated rings. The van der Waals surface area contributed by atoms with Crippen LogP contribution in [0.1, 0.15) is 59.9 Å². The van der Waals surface area contributed by atoms with Crippen LogP contribution in [-0.4, -0.2) is 0 Å². The van der Waals surface area contributed by atoms with Crippen LogP contribution in [0.3, 0.4) is 0 Å². The summed E-state index contributed by atoms with van der Waals surface area (Å²) in [5.74, 6) is 0. The predicted molar refractivity (Wildman–Crippen MR) is 93.6 cm³/mol. The maximum atomic E-state index is 3.55. The summed E-state index contributed by atoms with van der Waals surface area (Å²) < 4.78 is 0. The Morgan fingerprint density at radius 1 is 0.762 bits per heavy atom. The fourth-order valence-electron chi connectivity index (χ4n) is 2.61. The predicted octanol–water partition coefficient (Wildman–Crippen LogP) is 6.05. The van der Waals surface area contributed by atoms with E-state index in [9.17, 15) is 0 Å². The molecular weight excluding hydrogens is 254 g/mol. The second-order valence-corrected chi connectivity index (χ2v) is 8.09. The average molecular weight is 283 g/mol. The average Bonchev–Trinajstić information content (AvgIpc) is 2.38. The van der Waals surface area contributed by atoms with E-state index in [-0.39, 0.29) is 10.8 Å². The van der Waals surface area contributed by atoms with Crippen molar-refractivity contribution in [3.63, 3.8) is 0 Å². The monoisotopic (exact) mass is 283 g/mol. The summed E-state index contributed by atoms with van der Waals surface area (Å²) >= 11 is 0. The smallest absolute Gasteiger partial charge is 0.0381 e. The van der Waals surface area contributed by atoms with Crippen LogP contribution in [0.4, 0.5) is 5.69 Å². The Hall–Kier alpha value is -1.50. The highest BCUT2D eigenvalue weighted by molar-refractivity contribution is 5.51. The van der Waals surface area contributed by atoms with Crippen molar-refractivity contribution < 1.29 is 0 Å². The Bertz CT molecular complexity index is 545. The Kier molecular flexibility index (Phi) is 4.32. The number of hydrogen-bond donors (Lipinski definition) is 1. The second kappa shape index (κ2) is 5.71. The summed E-state index contributed by atoms with van der Waals surface area (Å²) in [7, 11) is 0. The Labute approximate surface area is 130 Å². The van der Waals surface area contributed by atoms with E-state index < -0.39 is 0 Å². The van der Waals surface area contributed by atoms with Gasteiger partial charge in [-0.2, -0.15) is 0 Å². The Morgan fingerprint density at radius 2 is 1.38 bits per heavy atom. The summed E-state index contributed by atoms with van der Waals surface area (Å²) in [6.07, 6.45) is 6.78. The van der Waals surface area contributed by atoms with Crippen molar-refractivity contribution in [3.8, 4) is 0 Å². The first kappa shape index (κ1) is 15.9. The molecular formula is C20H29N. The lowest BCUT2D eigenvalue weighted by Crippen LogP contribution is -2.13. The second-order valence-electron chi connectivity index (χ2n) is 8.09. The molecule has 0 spiro atoms. The highest BCUT2D eigenvalue weighted by atomic mass is 14.9. The molecule has 1 aliphatic carbocycles. The Morgan fingerprint density at radius 3 is 1.81 bits per heavy atom. The molecule has 1 nitrogen and oxygen atoms in total. The third kappa shape index (κ3) is 4.23. The van der Waals surface area contributed by atoms with Crippen LogP contribution in [0.15, 0.2) is 47.7 Å². The van der Waals surface area contributed by atoms with Crippen molar-refractivity contribution >= 4 is 5.69 Å². The van der Waals surface area contributed by atoms with Crippen molar-refractivity contribution in [2.24, 2.45) is 5.41 Å². The van der Waals surface area contributed by atoms with Crippen molar-refractivity contribution in [3.05, 3.63) is 53.3 Å². The van der Waals surface area contributed by atoms with Gasteiger partial charge in [-0.1, -0.05) is 65.3 Å². The summed E-state index contributed by atoms with van der Waals surface area (Å²) in [4.78, 5) is 0. The largest absolute Gasteiger partial charge is 0.359 e. The lowest BCUT2D eigenvalue weighted by molar-refractivity contribution is 0.479. The van der Waals surface area contributed by atoms with Gasteiger partial charge in [-0.15, -0.1) is 0 Å². The van der Waals surface area contributed by atoms with Gasteiger partial charge in [-0.25, -0.2) is 0 Å². The van der Waals surface area contributed by atoms with Gasteiger partial charge in [0, 0.05) is 11.4 Å². The topological polar surface area (TPSA) is 12.0 Å². The quantitative estimate of drug-likeness (QED) is 0.697.